The Labute approximate surface area is 101 Å². The zero-order valence-electron chi connectivity index (χ0n) is 9.78. The molecule has 1 saturated carbocycles. The number of carbonyl (C=O) groups excluding carboxylic acids is 1. The third kappa shape index (κ3) is 1.82. The molecule has 90 valence electrons. The Morgan fingerprint density at radius 1 is 1.35 bits per heavy atom. The van der Waals surface area contributed by atoms with E-state index >= 15 is 0 Å². The lowest BCUT2D eigenvalue weighted by molar-refractivity contribution is -0.126. The number of hydrogen-bond acceptors (Lipinski definition) is 3. The molecule has 1 fully saturated rings. The van der Waals surface area contributed by atoms with Gasteiger partial charge in [0.25, 0.3) is 0 Å². The summed E-state index contributed by atoms with van der Waals surface area (Å²) in [6.07, 6.45) is 4.68. The summed E-state index contributed by atoms with van der Waals surface area (Å²) in [5.41, 5.74) is 2.06. The minimum atomic E-state index is -0.297. The first-order valence-corrected chi connectivity index (χ1v) is 5.91. The minimum absolute atomic E-state index is 0.297. The molecule has 2 aliphatic rings. The van der Waals surface area contributed by atoms with Gasteiger partial charge in [0.1, 0.15) is 5.54 Å². The number of para-hydroxylation sites is 1. The summed E-state index contributed by atoms with van der Waals surface area (Å²) >= 11 is 0. The number of rotatable bonds is 0. The highest BCUT2D eigenvalue weighted by Crippen LogP contribution is 2.47. The molecule has 3 rings (SSSR count). The summed E-state index contributed by atoms with van der Waals surface area (Å²) in [5.74, 6) is 0.377. The molecule has 0 bridgehead atoms. The van der Waals surface area contributed by atoms with Gasteiger partial charge in [-0.15, -0.1) is 0 Å². The van der Waals surface area contributed by atoms with Crippen molar-refractivity contribution >= 4 is 11.5 Å². The largest absolute Gasteiger partial charge is 0.516 e. The van der Waals surface area contributed by atoms with E-state index in [1.165, 1.54) is 5.56 Å². The first-order valence-electron chi connectivity index (χ1n) is 5.91. The van der Waals surface area contributed by atoms with Gasteiger partial charge in [-0.25, -0.2) is 0 Å². The van der Waals surface area contributed by atoms with Crippen molar-refractivity contribution in [3.63, 3.8) is 0 Å². The highest BCUT2D eigenvalue weighted by molar-refractivity contribution is 5.99. The Hall–Kier alpha value is -1.77. The van der Waals surface area contributed by atoms with Crippen LogP contribution in [0.25, 0.3) is 0 Å². The topological polar surface area (TPSA) is 49.3 Å². The Bertz CT molecular complexity index is 442. The molecule has 0 saturated heterocycles. The number of aliphatic hydroxyl groups excluding tert-OH is 1. The number of aliphatic hydroxyl groups is 1. The second-order valence-electron chi connectivity index (χ2n) is 4.39. The number of nitrogens with one attached hydrogen (secondary N) is 1. The quantitative estimate of drug-likeness (QED) is 0.674. The first-order chi connectivity index (χ1) is 8.24. The molecule has 1 aromatic carbocycles. The fourth-order valence-corrected chi connectivity index (χ4v) is 2.64. The fourth-order valence-electron chi connectivity index (χ4n) is 2.64. The van der Waals surface area contributed by atoms with Crippen LogP contribution in [-0.2, 0) is 10.3 Å². The zero-order chi connectivity index (χ0) is 12.3. The summed E-state index contributed by atoms with van der Waals surface area (Å²) < 4.78 is 0. The minimum Gasteiger partial charge on any atom is -0.516 e. The second kappa shape index (κ2) is 4.62. The van der Waals surface area contributed by atoms with Crippen molar-refractivity contribution in [2.24, 2.45) is 0 Å². The van der Waals surface area contributed by atoms with Crippen LogP contribution in [0.1, 0.15) is 31.2 Å². The van der Waals surface area contributed by atoms with Gasteiger partial charge in [-0.2, -0.15) is 0 Å². The van der Waals surface area contributed by atoms with Crippen LogP contribution in [0.2, 0.25) is 0 Å². The maximum Gasteiger partial charge on any atom is 0.162 e. The number of hydrogen-bond donors (Lipinski definition) is 2. The second-order valence-corrected chi connectivity index (χ2v) is 4.39. The van der Waals surface area contributed by atoms with E-state index in [4.69, 9.17) is 5.11 Å². The normalized spacial score (nSPS) is 24.8. The van der Waals surface area contributed by atoms with Gasteiger partial charge in [-0.05, 0) is 25.3 Å². The number of benzene rings is 1. The average Bonchev–Trinajstić information content (AvgIpc) is 2.31. The Morgan fingerprint density at radius 2 is 2.06 bits per heavy atom. The molecule has 1 spiro atoms. The number of carbonyl (C=O) groups is 1. The molecule has 2 N–H and O–H groups in total. The van der Waals surface area contributed by atoms with E-state index in [1.807, 2.05) is 18.2 Å². The van der Waals surface area contributed by atoms with Crippen molar-refractivity contribution in [3.8, 4) is 0 Å². The summed E-state index contributed by atoms with van der Waals surface area (Å²) in [6.45, 7) is 2.92. The van der Waals surface area contributed by atoms with Crippen molar-refractivity contribution in [2.45, 2.75) is 31.2 Å². The van der Waals surface area contributed by atoms with Crippen molar-refractivity contribution in [3.05, 3.63) is 42.7 Å². The van der Waals surface area contributed by atoms with Crippen LogP contribution in [0.4, 0.5) is 5.69 Å². The smallest absolute Gasteiger partial charge is 0.162 e. The molecule has 1 aliphatic heterocycles. The van der Waals surface area contributed by atoms with E-state index in [-0.39, 0.29) is 5.54 Å². The molecule has 3 nitrogen and oxygen atoms in total. The lowest BCUT2D eigenvalue weighted by atomic mass is 9.70. The van der Waals surface area contributed by atoms with Crippen LogP contribution in [0, 0.1) is 0 Å². The molecule has 3 heteroatoms. The van der Waals surface area contributed by atoms with Crippen LogP contribution < -0.4 is 5.32 Å². The van der Waals surface area contributed by atoms with Gasteiger partial charge >= 0.3 is 0 Å². The summed E-state index contributed by atoms with van der Waals surface area (Å²) in [4.78, 5) is 11.9. The van der Waals surface area contributed by atoms with Gasteiger partial charge in [0.15, 0.2) is 5.78 Å². The van der Waals surface area contributed by atoms with Crippen LogP contribution in [0.3, 0.4) is 0 Å². The highest BCUT2D eigenvalue weighted by Gasteiger charge is 2.48. The maximum atomic E-state index is 11.9. The molecule has 0 radical (unpaired) electrons. The standard InChI is InChI=1S/C12H13NO.C2H4O/c14-11-7-3-4-8-12(11)9-5-1-2-6-10(9)13-12;1-2-3/h1-2,5-6,13H,3-4,7-8H2;2-3H,1H2/t12-;/m1./s1. The van der Waals surface area contributed by atoms with E-state index in [0.717, 1.165) is 37.6 Å². The van der Waals surface area contributed by atoms with Crippen LogP contribution in [-0.4, -0.2) is 10.9 Å². The van der Waals surface area contributed by atoms with Gasteiger partial charge in [0.05, 0.1) is 6.26 Å². The van der Waals surface area contributed by atoms with E-state index in [1.54, 1.807) is 0 Å². The van der Waals surface area contributed by atoms with Gasteiger partial charge in [0.2, 0.25) is 0 Å². The Kier molecular flexibility index (Phi) is 3.18. The molecular formula is C14H17NO2. The van der Waals surface area contributed by atoms with Gasteiger partial charge in [-0.3, -0.25) is 4.79 Å². The predicted octanol–water partition coefficient (Wildman–Crippen LogP) is 3.14. The monoisotopic (exact) mass is 231 g/mol. The number of fused-ring (bicyclic) bond motifs is 2. The Morgan fingerprint density at radius 3 is 2.71 bits per heavy atom. The fraction of sp³-hybridized carbons (Fsp3) is 0.357. The van der Waals surface area contributed by atoms with Gasteiger partial charge in [-0.1, -0.05) is 24.8 Å². The lowest BCUT2D eigenvalue weighted by Crippen LogP contribution is -2.52. The lowest BCUT2D eigenvalue weighted by Gasteiger charge is -2.46. The predicted molar refractivity (Wildman–Crippen MR) is 68.0 cm³/mol. The van der Waals surface area contributed by atoms with E-state index in [0.29, 0.717) is 5.78 Å². The molecule has 1 aliphatic carbocycles. The van der Waals surface area contributed by atoms with Crippen molar-refractivity contribution < 1.29 is 9.90 Å². The SMILES string of the molecule is C=CO.O=C1CCCC[C@]12Nc1ccccc12. The van der Waals surface area contributed by atoms with E-state index < -0.39 is 0 Å². The van der Waals surface area contributed by atoms with Gasteiger partial charge in [0, 0.05) is 17.7 Å². The molecule has 1 atom stereocenters. The van der Waals surface area contributed by atoms with E-state index in [2.05, 4.69) is 18.0 Å². The molecule has 0 unspecified atom stereocenters. The van der Waals surface area contributed by atoms with Gasteiger partial charge < -0.3 is 10.4 Å². The third-order valence-corrected chi connectivity index (χ3v) is 3.42. The van der Waals surface area contributed by atoms with Crippen molar-refractivity contribution in [1.29, 1.82) is 0 Å². The van der Waals surface area contributed by atoms with Crippen LogP contribution in [0.5, 0.6) is 0 Å². The molecule has 17 heavy (non-hydrogen) atoms. The van der Waals surface area contributed by atoms with Crippen LogP contribution >= 0.6 is 0 Å². The zero-order valence-corrected chi connectivity index (χ0v) is 9.78. The molecule has 1 aromatic rings. The molecular weight excluding hydrogens is 214 g/mol. The highest BCUT2D eigenvalue weighted by atomic mass is 16.2. The maximum absolute atomic E-state index is 11.9. The average molecular weight is 231 g/mol. The number of anilines is 1. The number of ketones is 1. The van der Waals surface area contributed by atoms with Crippen molar-refractivity contribution in [1.82, 2.24) is 0 Å². The summed E-state index contributed by atoms with van der Waals surface area (Å²) in [5, 5.41) is 10.7. The first kappa shape index (κ1) is 11.7. The van der Waals surface area contributed by atoms with Crippen LogP contribution in [0.15, 0.2) is 37.1 Å². The summed E-state index contributed by atoms with van der Waals surface area (Å²) in [7, 11) is 0. The molecule has 1 heterocycles. The molecule has 0 aromatic heterocycles. The Balaban J connectivity index is 0.000000329. The van der Waals surface area contributed by atoms with E-state index in [9.17, 15) is 4.79 Å². The summed E-state index contributed by atoms with van der Waals surface area (Å²) in [6, 6.07) is 8.15. The number of Topliss-reactive ketones (excluding diaryl/α,β-unsaturated/α-hetero) is 1. The molecule has 0 amide bonds. The van der Waals surface area contributed by atoms with Crippen molar-refractivity contribution in [2.75, 3.05) is 5.32 Å². The third-order valence-electron chi connectivity index (χ3n) is 3.42.